The van der Waals surface area contributed by atoms with Gasteiger partial charge in [-0.1, -0.05) is 12.1 Å². The Morgan fingerprint density at radius 3 is 2.20 bits per heavy atom. The van der Waals surface area contributed by atoms with Gasteiger partial charge in [-0.3, -0.25) is 4.79 Å². The van der Waals surface area contributed by atoms with Gasteiger partial charge in [-0.2, -0.15) is 13.2 Å². The van der Waals surface area contributed by atoms with Crippen molar-refractivity contribution in [2.45, 2.75) is 6.18 Å². The van der Waals surface area contributed by atoms with Crippen molar-refractivity contribution in [3.8, 4) is 0 Å². The monoisotopic (exact) mass is 283 g/mol. The van der Waals surface area contributed by atoms with Crippen LogP contribution in [0.15, 0.2) is 42.5 Å². The Bertz CT molecular complexity index is 664. The van der Waals surface area contributed by atoms with Gasteiger partial charge in [-0.15, -0.1) is 0 Å². The lowest BCUT2D eigenvalue weighted by Gasteiger charge is -2.10. The van der Waals surface area contributed by atoms with E-state index in [2.05, 4.69) is 0 Å². The minimum Gasteiger partial charge on any atom is -0.398 e. The van der Waals surface area contributed by atoms with E-state index in [0.29, 0.717) is 6.07 Å². The number of carbonyl (C=O) groups excluding carboxylic acids is 1. The van der Waals surface area contributed by atoms with Crippen LogP contribution < -0.4 is 5.73 Å². The van der Waals surface area contributed by atoms with Gasteiger partial charge in [-0.05, 0) is 30.3 Å². The predicted octanol–water partition coefficient (Wildman–Crippen LogP) is 3.66. The van der Waals surface area contributed by atoms with Crippen LogP contribution in [-0.4, -0.2) is 5.78 Å². The van der Waals surface area contributed by atoms with Gasteiger partial charge in [-0.25, -0.2) is 4.39 Å². The summed E-state index contributed by atoms with van der Waals surface area (Å²) in [5.74, 6) is -1.51. The molecule has 0 radical (unpaired) electrons. The lowest BCUT2D eigenvalue weighted by molar-refractivity contribution is -0.137. The van der Waals surface area contributed by atoms with Crippen LogP contribution in [0.25, 0.3) is 0 Å². The van der Waals surface area contributed by atoms with E-state index in [1.54, 1.807) is 0 Å². The topological polar surface area (TPSA) is 43.1 Å². The highest BCUT2D eigenvalue weighted by atomic mass is 19.4. The van der Waals surface area contributed by atoms with Crippen molar-refractivity contribution in [3.63, 3.8) is 0 Å². The fourth-order valence-corrected chi connectivity index (χ4v) is 1.74. The Labute approximate surface area is 111 Å². The fraction of sp³-hybridized carbons (Fsp3) is 0.0714. The number of benzene rings is 2. The standard InChI is InChI=1S/C14H9F4NO/c15-11-4-2-1-3-9(11)13(20)10-6-5-8(7-12(10)19)14(16,17)18/h1-7H,19H2. The van der Waals surface area contributed by atoms with E-state index in [1.165, 1.54) is 18.2 Å². The lowest BCUT2D eigenvalue weighted by atomic mass is 9.99. The largest absolute Gasteiger partial charge is 0.416 e. The maximum atomic E-state index is 13.5. The Kier molecular flexibility index (Phi) is 3.48. The van der Waals surface area contributed by atoms with E-state index in [0.717, 1.165) is 18.2 Å². The molecule has 0 unspecified atom stereocenters. The number of ketones is 1. The van der Waals surface area contributed by atoms with Gasteiger partial charge in [0.1, 0.15) is 5.82 Å². The molecule has 2 rings (SSSR count). The van der Waals surface area contributed by atoms with Crippen LogP contribution in [0, 0.1) is 5.82 Å². The summed E-state index contributed by atoms with van der Waals surface area (Å²) in [4.78, 5) is 12.0. The van der Waals surface area contributed by atoms with Gasteiger partial charge in [0.15, 0.2) is 5.78 Å². The quantitative estimate of drug-likeness (QED) is 0.519. The van der Waals surface area contributed by atoms with Gasteiger partial charge in [0.2, 0.25) is 0 Å². The van der Waals surface area contributed by atoms with Crippen molar-refractivity contribution in [2.24, 2.45) is 0 Å². The van der Waals surface area contributed by atoms with Crippen molar-refractivity contribution in [2.75, 3.05) is 5.73 Å². The minimum atomic E-state index is -4.55. The average molecular weight is 283 g/mol. The first-order valence-electron chi connectivity index (χ1n) is 5.56. The van der Waals surface area contributed by atoms with Gasteiger partial charge < -0.3 is 5.73 Å². The molecule has 0 aliphatic heterocycles. The molecule has 0 fully saturated rings. The number of hydrogen-bond acceptors (Lipinski definition) is 2. The molecular weight excluding hydrogens is 274 g/mol. The van der Waals surface area contributed by atoms with Gasteiger partial charge >= 0.3 is 6.18 Å². The third-order valence-electron chi connectivity index (χ3n) is 2.74. The molecular formula is C14H9F4NO. The van der Waals surface area contributed by atoms with Gasteiger partial charge in [0.05, 0.1) is 11.1 Å². The molecule has 0 saturated heterocycles. The summed E-state index contributed by atoms with van der Waals surface area (Å²) in [6.07, 6.45) is -4.55. The number of hydrogen-bond donors (Lipinski definition) is 1. The summed E-state index contributed by atoms with van der Waals surface area (Å²) in [5, 5.41) is 0. The highest BCUT2D eigenvalue weighted by molar-refractivity contribution is 6.12. The summed E-state index contributed by atoms with van der Waals surface area (Å²) in [5.41, 5.74) is 3.76. The van der Waals surface area contributed by atoms with Crippen LogP contribution in [0.3, 0.4) is 0 Å². The molecule has 0 aliphatic rings. The Balaban J connectivity index is 2.45. The van der Waals surface area contributed by atoms with E-state index in [1.807, 2.05) is 0 Å². The van der Waals surface area contributed by atoms with Crippen LogP contribution in [0.4, 0.5) is 23.2 Å². The second-order valence-corrected chi connectivity index (χ2v) is 4.11. The van der Waals surface area contributed by atoms with Crippen molar-refractivity contribution in [3.05, 3.63) is 65.0 Å². The van der Waals surface area contributed by atoms with Crippen LogP contribution in [-0.2, 0) is 6.18 Å². The second kappa shape index (κ2) is 4.96. The summed E-state index contributed by atoms with van der Waals surface area (Å²) in [7, 11) is 0. The molecule has 2 aromatic carbocycles. The van der Waals surface area contributed by atoms with Crippen molar-refractivity contribution in [1.82, 2.24) is 0 Å². The molecule has 0 saturated carbocycles. The Morgan fingerprint density at radius 1 is 1.00 bits per heavy atom. The lowest BCUT2D eigenvalue weighted by Crippen LogP contribution is -2.11. The van der Waals surface area contributed by atoms with Crippen LogP contribution in [0.5, 0.6) is 0 Å². The zero-order valence-electron chi connectivity index (χ0n) is 10.0. The first kappa shape index (κ1) is 14.0. The zero-order valence-corrected chi connectivity index (χ0v) is 10.0. The van der Waals surface area contributed by atoms with Crippen molar-refractivity contribution < 1.29 is 22.4 Å². The maximum Gasteiger partial charge on any atom is 0.416 e. The molecule has 0 aliphatic carbocycles. The number of nitrogen functional groups attached to an aromatic ring is 1. The first-order chi connectivity index (χ1) is 9.30. The number of rotatable bonds is 2. The van der Waals surface area contributed by atoms with Crippen LogP contribution in [0.2, 0.25) is 0 Å². The smallest absolute Gasteiger partial charge is 0.398 e. The van der Waals surface area contributed by atoms with Crippen molar-refractivity contribution >= 4 is 11.5 Å². The van der Waals surface area contributed by atoms with E-state index in [9.17, 15) is 22.4 Å². The highest BCUT2D eigenvalue weighted by Crippen LogP contribution is 2.32. The molecule has 2 nitrogen and oxygen atoms in total. The van der Waals surface area contributed by atoms with Gasteiger partial charge in [0.25, 0.3) is 0 Å². The molecule has 20 heavy (non-hydrogen) atoms. The second-order valence-electron chi connectivity index (χ2n) is 4.11. The number of carbonyl (C=O) groups is 1. The summed E-state index contributed by atoms with van der Waals surface area (Å²) in [6, 6.07) is 7.55. The van der Waals surface area contributed by atoms with Crippen LogP contribution in [0.1, 0.15) is 21.5 Å². The highest BCUT2D eigenvalue weighted by Gasteiger charge is 2.31. The summed E-state index contributed by atoms with van der Waals surface area (Å²) < 4.78 is 50.9. The van der Waals surface area contributed by atoms with E-state index >= 15 is 0 Å². The third-order valence-corrected chi connectivity index (χ3v) is 2.74. The third kappa shape index (κ3) is 2.64. The zero-order chi connectivity index (χ0) is 14.9. The SMILES string of the molecule is Nc1cc(C(F)(F)F)ccc1C(=O)c1ccccc1F. The molecule has 0 heterocycles. The molecule has 104 valence electrons. The predicted molar refractivity (Wildman–Crippen MR) is 65.7 cm³/mol. The van der Waals surface area contributed by atoms with E-state index in [4.69, 9.17) is 5.73 Å². The minimum absolute atomic E-state index is 0.164. The molecule has 2 aromatic rings. The summed E-state index contributed by atoms with van der Waals surface area (Å²) in [6.45, 7) is 0. The first-order valence-corrected chi connectivity index (χ1v) is 5.56. The molecule has 6 heteroatoms. The Hall–Kier alpha value is -2.37. The molecule has 0 aromatic heterocycles. The molecule has 2 N–H and O–H groups in total. The molecule has 0 atom stereocenters. The number of anilines is 1. The number of alkyl halides is 3. The Morgan fingerprint density at radius 2 is 1.65 bits per heavy atom. The maximum absolute atomic E-state index is 13.5. The van der Waals surface area contributed by atoms with Crippen LogP contribution >= 0.6 is 0 Å². The average Bonchev–Trinajstić information content (AvgIpc) is 2.37. The fourth-order valence-electron chi connectivity index (χ4n) is 1.74. The number of halogens is 4. The van der Waals surface area contributed by atoms with E-state index in [-0.39, 0.29) is 16.8 Å². The number of nitrogens with two attached hydrogens (primary N) is 1. The van der Waals surface area contributed by atoms with Crippen molar-refractivity contribution in [1.29, 1.82) is 0 Å². The van der Waals surface area contributed by atoms with Gasteiger partial charge in [0, 0.05) is 11.3 Å². The molecule has 0 amide bonds. The molecule has 0 spiro atoms. The van der Waals surface area contributed by atoms with E-state index < -0.39 is 23.3 Å². The molecule has 0 bridgehead atoms. The summed E-state index contributed by atoms with van der Waals surface area (Å²) >= 11 is 0. The normalized spacial score (nSPS) is 11.4.